The molecule has 3 radical (unpaired) electrons. The normalized spacial score (nSPS) is 0. The van der Waals surface area contributed by atoms with Gasteiger partial charge in [0.05, 0.1) is 0 Å². The van der Waals surface area contributed by atoms with E-state index in [2.05, 4.69) is 0 Å². The van der Waals surface area contributed by atoms with Crippen molar-refractivity contribution in [2.45, 2.75) is 0 Å². The molecule has 61 valence electrons. The van der Waals surface area contributed by atoms with Gasteiger partial charge in [-0.05, 0) is 0 Å². The molecule has 8 heavy (non-hydrogen) atoms. The summed E-state index contributed by atoms with van der Waals surface area (Å²) in [5.74, 6) is 0. The minimum absolute atomic E-state index is 0. The van der Waals surface area contributed by atoms with Gasteiger partial charge in [0.15, 0.2) is 0 Å². The molecular weight excluding hydrogens is 234 g/mol. The number of rotatable bonds is 0. The first-order chi connectivity index (χ1) is 0. The average molecular weight is 248 g/mol. The summed E-state index contributed by atoms with van der Waals surface area (Å²) in [5, 5.41) is 0. The van der Waals surface area contributed by atoms with Crippen LogP contribution in [-0.4, -0.2) is 62.8 Å². The van der Waals surface area contributed by atoms with Gasteiger partial charge in [-0.15, -0.1) is 0 Å². The van der Waals surface area contributed by atoms with E-state index in [-0.39, 0.29) is 62.8 Å². The Bertz CT molecular complexity index is 4.35. The topological polar surface area (TPSA) is 220 Å². The second kappa shape index (κ2) is 1110. The molecule has 0 rings (SSSR count). The van der Waals surface area contributed by atoms with E-state index in [4.69, 9.17) is 0 Å². The molecule has 8 heteroatoms. The molecule has 7 nitrogen and oxygen atoms in total. The molecular formula is H14O7Sb. The second-order valence-corrected chi connectivity index (χ2v) is 0. The van der Waals surface area contributed by atoms with Crippen LogP contribution in [0.1, 0.15) is 0 Å². The first-order valence-electron chi connectivity index (χ1n) is 0. The molecule has 0 bridgehead atoms. The molecule has 0 unspecified atom stereocenters. The largest absolute Gasteiger partial charge is 0.412 e. The quantitative estimate of drug-likeness (QED) is 0.365. The van der Waals surface area contributed by atoms with Crippen molar-refractivity contribution >= 4 is 24.4 Å². The van der Waals surface area contributed by atoms with E-state index in [0.717, 1.165) is 0 Å². The fraction of sp³-hybridized carbons (Fsp3) is 0. The summed E-state index contributed by atoms with van der Waals surface area (Å²) in [5.41, 5.74) is 0. The maximum absolute atomic E-state index is 0. The molecule has 0 aliphatic heterocycles. The molecule has 0 spiro atoms. The van der Waals surface area contributed by atoms with Crippen molar-refractivity contribution < 1.29 is 38.3 Å². The van der Waals surface area contributed by atoms with Gasteiger partial charge in [0.2, 0.25) is 0 Å². The molecule has 0 aromatic carbocycles. The van der Waals surface area contributed by atoms with Gasteiger partial charge < -0.3 is 38.3 Å². The molecule has 0 saturated carbocycles. The molecule has 0 aromatic rings. The van der Waals surface area contributed by atoms with Gasteiger partial charge in [-0.25, -0.2) is 0 Å². The van der Waals surface area contributed by atoms with Crippen LogP contribution in [-0.2, 0) is 0 Å². The summed E-state index contributed by atoms with van der Waals surface area (Å²) in [6.45, 7) is 0. The van der Waals surface area contributed by atoms with Gasteiger partial charge in [0.25, 0.3) is 0 Å². The van der Waals surface area contributed by atoms with E-state index in [0.29, 0.717) is 0 Å². The maximum atomic E-state index is 0. The van der Waals surface area contributed by atoms with Crippen molar-refractivity contribution in [1.29, 1.82) is 0 Å². The van der Waals surface area contributed by atoms with Crippen LogP contribution in [0.15, 0.2) is 0 Å². The Balaban J connectivity index is 0. The summed E-state index contributed by atoms with van der Waals surface area (Å²) < 4.78 is 0. The predicted octanol–water partition coefficient (Wildman–Crippen LogP) is -6.15. The monoisotopic (exact) mass is 247 g/mol. The van der Waals surface area contributed by atoms with E-state index >= 15 is 0 Å². The zero-order chi connectivity index (χ0) is 0. The molecule has 0 amide bonds. The van der Waals surface area contributed by atoms with E-state index in [1.165, 1.54) is 0 Å². The van der Waals surface area contributed by atoms with Crippen molar-refractivity contribution in [3.63, 3.8) is 0 Å². The van der Waals surface area contributed by atoms with E-state index in [1.54, 1.807) is 0 Å². The third kappa shape index (κ3) is 692. The van der Waals surface area contributed by atoms with Gasteiger partial charge in [-0.3, -0.25) is 0 Å². The summed E-state index contributed by atoms with van der Waals surface area (Å²) in [7, 11) is 0. The van der Waals surface area contributed by atoms with Crippen molar-refractivity contribution in [2.75, 3.05) is 0 Å². The first-order valence-corrected chi connectivity index (χ1v) is 0. The van der Waals surface area contributed by atoms with Crippen molar-refractivity contribution in [2.24, 2.45) is 0 Å². The molecule has 0 heterocycles. The number of hydrogen-bond acceptors (Lipinski definition) is 0. The van der Waals surface area contributed by atoms with Crippen LogP contribution in [0.25, 0.3) is 0 Å². The summed E-state index contributed by atoms with van der Waals surface area (Å²) in [4.78, 5) is 0. The Labute approximate surface area is 63.3 Å². The Morgan fingerprint density at radius 3 is 0.250 bits per heavy atom. The Hall–Kier alpha value is 0.538. The fourth-order valence-corrected chi connectivity index (χ4v) is 0. The molecule has 0 aliphatic carbocycles. The van der Waals surface area contributed by atoms with Crippen molar-refractivity contribution in [3.05, 3.63) is 0 Å². The number of hydrogen-bond donors (Lipinski definition) is 0. The molecule has 0 atom stereocenters. The summed E-state index contributed by atoms with van der Waals surface area (Å²) in [6.07, 6.45) is 0. The zero-order valence-electron chi connectivity index (χ0n) is 3.95. The van der Waals surface area contributed by atoms with Gasteiger partial charge in [0.1, 0.15) is 0 Å². The van der Waals surface area contributed by atoms with Crippen LogP contribution in [0.3, 0.4) is 0 Å². The van der Waals surface area contributed by atoms with Crippen LogP contribution in [0.5, 0.6) is 0 Å². The van der Waals surface area contributed by atoms with E-state index in [9.17, 15) is 0 Å². The SMILES string of the molecule is O.O.O.O.O.O.O.[Sb]. The molecule has 0 fully saturated rings. The Kier molecular flexibility index (Phi) is 233000. The third-order valence-corrected chi connectivity index (χ3v) is 0. The predicted molar refractivity (Wildman–Crippen MR) is 31.1 cm³/mol. The first kappa shape index (κ1) is 1680. The minimum Gasteiger partial charge on any atom is -0.412 e. The molecule has 0 aliphatic rings. The zero-order valence-corrected chi connectivity index (χ0v) is 6.50. The fourth-order valence-electron chi connectivity index (χ4n) is 0. The summed E-state index contributed by atoms with van der Waals surface area (Å²) in [6, 6.07) is 0. The van der Waals surface area contributed by atoms with Crippen LogP contribution in [0.2, 0.25) is 0 Å². The second-order valence-electron chi connectivity index (χ2n) is 0. The van der Waals surface area contributed by atoms with Crippen molar-refractivity contribution in [3.8, 4) is 0 Å². The molecule has 0 aromatic heterocycles. The van der Waals surface area contributed by atoms with Crippen LogP contribution < -0.4 is 0 Å². The molecule has 14 N–H and O–H groups in total. The van der Waals surface area contributed by atoms with Crippen molar-refractivity contribution in [1.82, 2.24) is 0 Å². The Morgan fingerprint density at radius 2 is 0.250 bits per heavy atom. The standard InChI is InChI=1S/7H2O.Sb/h7*1H2;. The van der Waals surface area contributed by atoms with Crippen LogP contribution in [0.4, 0.5) is 0 Å². The smallest absolute Gasteiger partial charge is 0 e. The minimum atomic E-state index is 0. The Morgan fingerprint density at radius 1 is 0.250 bits per heavy atom. The summed E-state index contributed by atoms with van der Waals surface area (Å²) >= 11 is 0. The average Bonchev–Trinajstić information content (AvgIpc) is 0. The van der Waals surface area contributed by atoms with Gasteiger partial charge >= 0.3 is 0 Å². The molecule has 0 saturated heterocycles. The van der Waals surface area contributed by atoms with Gasteiger partial charge in [0, 0.05) is 24.4 Å². The maximum Gasteiger partial charge on any atom is 0 e. The van der Waals surface area contributed by atoms with Crippen LogP contribution in [0, 0.1) is 0 Å². The van der Waals surface area contributed by atoms with E-state index < -0.39 is 0 Å². The third-order valence-electron chi connectivity index (χ3n) is 0. The van der Waals surface area contributed by atoms with Gasteiger partial charge in [-0.1, -0.05) is 0 Å². The van der Waals surface area contributed by atoms with Crippen LogP contribution >= 0.6 is 0 Å². The van der Waals surface area contributed by atoms with E-state index in [1.807, 2.05) is 0 Å². The van der Waals surface area contributed by atoms with Gasteiger partial charge in [-0.2, -0.15) is 0 Å².